The molecule has 0 aliphatic carbocycles. The summed E-state index contributed by atoms with van der Waals surface area (Å²) in [5.74, 6) is 0. The Hall–Kier alpha value is -5.40. The minimum atomic E-state index is 0.125. The van der Waals surface area contributed by atoms with Gasteiger partial charge in [-0.05, 0) is 93.0 Å². The Bertz CT molecular complexity index is 2090. The van der Waals surface area contributed by atoms with Gasteiger partial charge in [-0.2, -0.15) is 0 Å². The summed E-state index contributed by atoms with van der Waals surface area (Å²) < 4.78 is 0. The molecule has 0 unspecified atom stereocenters. The van der Waals surface area contributed by atoms with E-state index in [1.54, 1.807) is 0 Å². The number of hydrogen-bond donors (Lipinski definition) is 0. The van der Waals surface area contributed by atoms with E-state index in [2.05, 4.69) is 194 Å². The lowest BCUT2D eigenvalue weighted by Gasteiger charge is -2.28. The SMILES string of the molecule is Cc1cc(C)c(B(c2c(C)cc(-c3ccc(-c4ccccc4)cc3)cc2C)c2c(C)cc(-c3ccc(-c4ccccc4)cc3)cc2C)c(C)c1. The topological polar surface area (TPSA) is 0 Å². The Morgan fingerprint density at radius 2 is 0.500 bits per heavy atom. The Balaban J connectivity index is 1.32. The molecule has 0 atom stereocenters. The van der Waals surface area contributed by atoms with Crippen molar-refractivity contribution in [2.75, 3.05) is 0 Å². The zero-order valence-electron chi connectivity index (χ0n) is 30.4. The van der Waals surface area contributed by atoms with Crippen LogP contribution < -0.4 is 16.4 Å². The summed E-state index contributed by atoms with van der Waals surface area (Å²) in [4.78, 5) is 0. The Morgan fingerprint density at radius 1 is 0.260 bits per heavy atom. The van der Waals surface area contributed by atoms with Crippen molar-refractivity contribution in [1.29, 1.82) is 0 Å². The van der Waals surface area contributed by atoms with Crippen molar-refractivity contribution in [3.8, 4) is 44.5 Å². The lowest BCUT2D eigenvalue weighted by molar-refractivity contribution is 1.34. The number of rotatable bonds is 7. The maximum Gasteiger partial charge on any atom is 0.243 e. The third-order valence-corrected chi connectivity index (χ3v) is 10.4. The summed E-state index contributed by atoms with van der Waals surface area (Å²) >= 11 is 0. The van der Waals surface area contributed by atoms with Gasteiger partial charge in [-0.3, -0.25) is 0 Å². The Morgan fingerprint density at radius 3 is 0.800 bits per heavy atom. The van der Waals surface area contributed by atoms with Crippen molar-refractivity contribution in [3.63, 3.8) is 0 Å². The molecule has 7 aromatic carbocycles. The van der Waals surface area contributed by atoms with E-state index in [-0.39, 0.29) is 6.71 Å². The van der Waals surface area contributed by atoms with E-state index in [0.717, 1.165) is 0 Å². The lowest BCUT2D eigenvalue weighted by atomic mass is 9.33. The Labute approximate surface area is 299 Å². The molecule has 0 radical (unpaired) electrons. The van der Waals surface area contributed by atoms with Crippen LogP contribution in [0, 0.1) is 48.5 Å². The standard InChI is InChI=1S/C49H45B/c1-32-26-33(2)47(34(3)27-32)50(48-35(4)28-45(29-36(48)5)43-22-18-41(19-23-43)39-14-10-8-11-15-39)49-37(6)30-46(31-38(49)7)44-24-20-42(21-25-44)40-16-12-9-13-17-40/h8-31H,1-7H3. The van der Waals surface area contributed by atoms with E-state index in [4.69, 9.17) is 0 Å². The summed E-state index contributed by atoms with van der Waals surface area (Å²) in [6.45, 7) is 16.2. The van der Waals surface area contributed by atoms with Crippen LogP contribution in [0.15, 0.2) is 146 Å². The first-order valence-corrected chi connectivity index (χ1v) is 17.8. The van der Waals surface area contributed by atoms with Crippen molar-refractivity contribution in [2.45, 2.75) is 48.5 Å². The number of aryl methyl sites for hydroxylation is 7. The van der Waals surface area contributed by atoms with Gasteiger partial charge in [0.1, 0.15) is 0 Å². The molecule has 0 fully saturated rings. The van der Waals surface area contributed by atoms with Crippen LogP contribution in [-0.4, -0.2) is 6.71 Å². The average molecular weight is 645 g/mol. The molecule has 0 saturated carbocycles. The van der Waals surface area contributed by atoms with Gasteiger partial charge in [-0.25, -0.2) is 0 Å². The van der Waals surface area contributed by atoms with Gasteiger partial charge < -0.3 is 0 Å². The predicted octanol–water partition coefficient (Wildman–Crippen LogP) is 11.0. The van der Waals surface area contributed by atoms with Gasteiger partial charge in [0.25, 0.3) is 0 Å². The minimum Gasteiger partial charge on any atom is -0.0629 e. The van der Waals surface area contributed by atoms with Crippen LogP contribution in [0.3, 0.4) is 0 Å². The molecule has 0 spiro atoms. The van der Waals surface area contributed by atoms with Crippen molar-refractivity contribution >= 4 is 23.1 Å². The fourth-order valence-corrected chi connectivity index (χ4v) is 8.24. The summed E-state index contributed by atoms with van der Waals surface area (Å²) in [6, 6.07) is 53.6. The molecule has 0 bridgehead atoms. The zero-order valence-corrected chi connectivity index (χ0v) is 30.4. The molecular weight excluding hydrogens is 599 g/mol. The fourth-order valence-electron chi connectivity index (χ4n) is 8.24. The molecule has 7 rings (SSSR count). The zero-order chi connectivity index (χ0) is 34.9. The number of benzene rings is 7. The minimum absolute atomic E-state index is 0.125. The molecular formula is C49H45B. The summed E-state index contributed by atoms with van der Waals surface area (Å²) in [7, 11) is 0. The first kappa shape index (κ1) is 33.1. The van der Waals surface area contributed by atoms with Crippen LogP contribution >= 0.6 is 0 Å². The van der Waals surface area contributed by atoms with Crippen LogP contribution in [0.1, 0.15) is 38.9 Å². The highest BCUT2D eigenvalue weighted by atomic mass is 14.2. The van der Waals surface area contributed by atoms with Gasteiger partial charge in [0, 0.05) is 0 Å². The molecule has 244 valence electrons. The van der Waals surface area contributed by atoms with Crippen LogP contribution in [0.25, 0.3) is 44.5 Å². The van der Waals surface area contributed by atoms with Crippen LogP contribution in [0.5, 0.6) is 0 Å². The van der Waals surface area contributed by atoms with Crippen LogP contribution in [-0.2, 0) is 0 Å². The van der Waals surface area contributed by atoms with E-state index < -0.39 is 0 Å². The van der Waals surface area contributed by atoms with E-state index in [1.165, 1.54) is 99.8 Å². The molecule has 0 aliphatic heterocycles. The lowest BCUT2D eigenvalue weighted by Crippen LogP contribution is -2.57. The molecule has 0 aromatic heterocycles. The molecule has 0 amide bonds. The van der Waals surface area contributed by atoms with Gasteiger partial charge >= 0.3 is 0 Å². The van der Waals surface area contributed by atoms with Crippen molar-refractivity contribution < 1.29 is 0 Å². The predicted molar refractivity (Wildman–Crippen MR) is 219 cm³/mol. The highest BCUT2D eigenvalue weighted by Crippen LogP contribution is 2.29. The fraction of sp³-hybridized carbons (Fsp3) is 0.143. The first-order valence-electron chi connectivity index (χ1n) is 17.8. The second-order valence-corrected chi connectivity index (χ2v) is 14.2. The molecule has 0 saturated heterocycles. The van der Waals surface area contributed by atoms with Crippen molar-refractivity contribution in [3.05, 3.63) is 185 Å². The third kappa shape index (κ3) is 6.49. The molecule has 0 nitrogen and oxygen atoms in total. The molecule has 0 aliphatic rings. The summed E-state index contributed by atoms with van der Waals surface area (Å²) in [5.41, 5.74) is 23.6. The van der Waals surface area contributed by atoms with E-state index in [9.17, 15) is 0 Å². The quantitative estimate of drug-likeness (QED) is 0.152. The third-order valence-electron chi connectivity index (χ3n) is 10.4. The maximum absolute atomic E-state index is 2.40. The van der Waals surface area contributed by atoms with Crippen molar-refractivity contribution in [1.82, 2.24) is 0 Å². The van der Waals surface area contributed by atoms with Crippen LogP contribution in [0.2, 0.25) is 0 Å². The first-order chi connectivity index (χ1) is 24.2. The van der Waals surface area contributed by atoms with Crippen molar-refractivity contribution in [2.24, 2.45) is 0 Å². The molecule has 0 N–H and O–H groups in total. The van der Waals surface area contributed by atoms with E-state index in [0.29, 0.717) is 0 Å². The number of hydrogen-bond acceptors (Lipinski definition) is 0. The molecule has 0 heterocycles. The highest BCUT2D eigenvalue weighted by molar-refractivity contribution is 6.97. The van der Waals surface area contributed by atoms with Gasteiger partial charge in [0.15, 0.2) is 0 Å². The largest absolute Gasteiger partial charge is 0.243 e. The molecule has 7 aromatic rings. The van der Waals surface area contributed by atoms with Crippen LogP contribution in [0.4, 0.5) is 0 Å². The highest BCUT2D eigenvalue weighted by Gasteiger charge is 2.31. The van der Waals surface area contributed by atoms with Gasteiger partial charge in [0.05, 0.1) is 0 Å². The summed E-state index contributed by atoms with van der Waals surface area (Å²) in [5, 5.41) is 0. The monoisotopic (exact) mass is 644 g/mol. The van der Waals surface area contributed by atoms with E-state index in [1.807, 2.05) is 0 Å². The molecule has 50 heavy (non-hydrogen) atoms. The Kier molecular flexibility index (Phi) is 9.17. The van der Waals surface area contributed by atoms with Gasteiger partial charge in [-0.15, -0.1) is 0 Å². The normalized spacial score (nSPS) is 11.1. The van der Waals surface area contributed by atoms with E-state index >= 15 is 0 Å². The molecule has 1 heteroatoms. The smallest absolute Gasteiger partial charge is 0.0629 e. The second-order valence-electron chi connectivity index (χ2n) is 14.2. The maximum atomic E-state index is 2.40. The van der Waals surface area contributed by atoms with Gasteiger partial charge in [0.2, 0.25) is 6.71 Å². The average Bonchev–Trinajstić information content (AvgIpc) is 3.11. The second kappa shape index (κ2) is 13.8. The summed E-state index contributed by atoms with van der Waals surface area (Å²) in [6.07, 6.45) is 0. The van der Waals surface area contributed by atoms with Gasteiger partial charge in [-0.1, -0.05) is 201 Å².